The Hall–Kier alpha value is -0.950. The summed E-state index contributed by atoms with van der Waals surface area (Å²) in [5.74, 6) is 0. The lowest BCUT2D eigenvalue weighted by Gasteiger charge is -2.07. The van der Waals surface area contributed by atoms with Crippen molar-refractivity contribution < 1.29 is 21.9 Å². The fraction of sp³-hybridized carbons (Fsp3) is 0.700. The SMILES string of the molecule is CCCCCCCCCCCCOS(=O)(=O)OCc1ccc(CO)cc1. The standard InChI is InChI=1S/C20H34O5S/c1-2-3-4-5-6-7-8-9-10-11-16-24-26(22,23)25-18-20-14-12-19(17-21)13-15-20/h12-15,21H,2-11,16-18H2,1H3. The average molecular weight is 387 g/mol. The third kappa shape index (κ3) is 11.6. The van der Waals surface area contributed by atoms with E-state index in [9.17, 15) is 8.42 Å². The fourth-order valence-electron chi connectivity index (χ4n) is 2.67. The van der Waals surface area contributed by atoms with Crippen LogP contribution in [-0.4, -0.2) is 20.1 Å². The summed E-state index contributed by atoms with van der Waals surface area (Å²) in [7, 11) is -3.96. The second-order valence-corrected chi connectivity index (χ2v) is 7.94. The van der Waals surface area contributed by atoms with Crippen molar-refractivity contribution in [3.63, 3.8) is 0 Å². The van der Waals surface area contributed by atoms with Crippen LogP contribution in [0.3, 0.4) is 0 Å². The number of hydrogen-bond donors (Lipinski definition) is 1. The summed E-state index contributed by atoms with van der Waals surface area (Å²) in [6.07, 6.45) is 11.9. The lowest BCUT2D eigenvalue weighted by Crippen LogP contribution is -2.11. The summed E-state index contributed by atoms with van der Waals surface area (Å²) in [4.78, 5) is 0. The van der Waals surface area contributed by atoms with Crippen molar-refractivity contribution in [2.75, 3.05) is 6.61 Å². The Morgan fingerprint density at radius 1 is 0.769 bits per heavy atom. The minimum Gasteiger partial charge on any atom is -0.392 e. The third-order valence-electron chi connectivity index (χ3n) is 4.30. The number of unbranched alkanes of at least 4 members (excludes halogenated alkanes) is 9. The average Bonchev–Trinajstić information content (AvgIpc) is 2.65. The topological polar surface area (TPSA) is 72.8 Å². The normalized spacial score (nSPS) is 11.8. The largest absolute Gasteiger partial charge is 0.400 e. The van der Waals surface area contributed by atoms with Gasteiger partial charge in [0.1, 0.15) is 0 Å². The molecule has 0 aliphatic rings. The van der Waals surface area contributed by atoms with E-state index in [2.05, 4.69) is 6.92 Å². The van der Waals surface area contributed by atoms with Crippen LogP contribution in [-0.2, 0) is 32.0 Å². The van der Waals surface area contributed by atoms with Crippen LogP contribution < -0.4 is 0 Å². The Bertz CT molecular complexity index is 554. The molecule has 0 aliphatic heterocycles. The Balaban J connectivity index is 2.03. The van der Waals surface area contributed by atoms with Gasteiger partial charge in [0.25, 0.3) is 0 Å². The van der Waals surface area contributed by atoms with Gasteiger partial charge in [0.05, 0.1) is 19.8 Å². The molecule has 0 amide bonds. The van der Waals surface area contributed by atoms with E-state index in [-0.39, 0.29) is 19.8 Å². The first-order valence-corrected chi connectivity index (χ1v) is 11.1. The Labute approximate surface area is 159 Å². The third-order valence-corrected chi connectivity index (χ3v) is 5.16. The van der Waals surface area contributed by atoms with Crippen LogP contribution in [0.2, 0.25) is 0 Å². The van der Waals surface area contributed by atoms with Gasteiger partial charge in [0.15, 0.2) is 0 Å². The smallest absolute Gasteiger partial charge is 0.392 e. The van der Waals surface area contributed by atoms with Crippen LogP contribution in [0.4, 0.5) is 0 Å². The molecule has 0 radical (unpaired) electrons. The van der Waals surface area contributed by atoms with Gasteiger partial charge < -0.3 is 5.11 Å². The van der Waals surface area contributed by atoms with Crippen LogP contribution in [0.1, 0.15) is 82.3 Å². The molecule has 0 saturated carbocycles. The number of benzene rings is 1. The second kappa shape index (κ2) is 14.2. The van der Waals surface area contributed by atoms with Gasteiger partial charge in [-0.1, -0.05) is 89.0 Å². The van der Waals surface area contributed by atoms with E-state index in [4.69, 9.17) is 13.5 Å². The van der Waals surface area contributed by atoms with Gasteiger partial charge in [-0.3, -0.25) is 0 Å². The monoisotopic (exact) mass is 386 g/mol. The van der Waals surface area contributed by atoms with Crippen LogP contribution in [0.15, 0.2) is 24.3 Å². The lowest BCUT2D eigenvalue weighted by molar-refractivity contribution is 0.205. The van der Waals surface area contributed by atoms with Gasteiger partial charge in [-0.05, 0) is 17.5 Å². The Morgan fingerprint density at radius 2 is 1.27 bits per heavy atom. The highest BCUT2D eigenvalue weighted by atomic mass is 32.3. The molecule has 1 rings (SSSR count). The van der Waals surface area contributed by atoms with Crippen LogP contribution in [0.5, 0.6) is 0 Å². The molecule has 0 unspecified atom stereocenters. The zero-order chi connectivity index (χ0) is 19.1. The van der Waals surface area contributed by atoms with Crippen molar-refractivity contribution >= 4 is 10.4 Å². The summed E-state index contributed by atoms with van der Waals surface area (Å²) in [5.41, 5.74) is 1.49. The quantitative estimate of drug-likeness (QED) is 0.410. The van der Waals surface area contributed by atoms with E-state index in [0.29, 0.717) is 5.56 Å². The highest BCUT2D eigenvalue weighted by Gasteiger charge is 2.12. The summed E-state index contributed by atoms with van der Waals surface area (Å²) >= 11 is 0. The maximum absolute atomic E-state index is 11.7. The predicted molar refractivity (Wildman–Crippen MR) is 104 cm³/mol. The molecule has 1 N–H and O–H groups in total. The van der Waals surface area contributed by atoms with Gasteiger partial charge in [-0.15, -0.1) is 0 Å². The molecule has 0 heterocycles. The van der Waals surface area contributed by atoms with Crippen molar-refractivity contribution in [3.05, 3.63) is 35.4 Å². The van der Waals surface area contributed by atoms with E-state index in [0.717, 1.165) is 24.8 Å². The van der Waals surface area contributed by atoms with Crippen molar-refractivity contribution in [2.45, 2.75) is 84.3 Å². The van der Waals surface area contributed by atoms with Gasteiger partial charge in [-0.25, -0.2) is 8.37 Å². The van der Waals surface area contributed by atoms with Crippen LogP contribution in [0.25, 0.3) is 0 Å². The van der Waals surface area contributed by atoms with Gasteiger partial charge in [-0.2, -0.15) is 8.42 Å². The fourth-order valence-corrected chi connectivity index (χ4v) is 3.34. The highest BCUT2D eigenvalue weighted by Crippen LogP contribution is 2.12. The number of rotatable bonds is 16. The molecule has 1 aromatic carbocycles. The van der Waals surface area contributed by atoms with Crippen molar-refractivity contribution in [2.24, 2.45) is 0 Å². The first-order valence-electron chi connectivity index (χ1n) is 9.80. The van der Waals surface area contributed by atoms with E-state index in [1.165, 1.54) is 44.9 Å². The van der Waals surface area contributed by atoms with Crippen LogP contribution >= 0.6 is 0 Å². The molecule has 150 valence electrons. The molecule has 0 spiro atoms. The number of hydrogen-bond acceptors (Lipinski definition) is 5. The summed E-state index contributed by atoms with van der Waals surface area (Å²) in [5, 5.41) is 8.97. The maximum Gasteiger partial charge on any atom is 0.400 e. The molecule has 0 bridgehead atoms. The van der Waals surface area contributed by atoms with Gasteiger partial charge in [0.2, 0.25) is 0 Å². The molecule has 5 nitrogen and oxygen atoms in total. The van der Waals surface area contributed by atoms with Gasteiger partial charge in [0, 0.05) is 0 Å². The first kappa shape index (κ1) is 23.1. The van der Waals surface area contributed by atoms with Crippen molar-refractivity contribution in [3.8, 4) is 0 Å². The minimum absolute atomic E-state index is 0.0403. The van der Waals surface area contributed by atoms with Crippen molar-refractivity contribution in [1.29, 1.82) is 0 Å². The molecule has 0 saturated heterocycles. The lowest BCUT2D eigenvalue weighted by atomic mass is 10.1. The molecule has 0 aliphatic carbocycles. The Morgan fingerprint density at radius 3 is 1.81 bits per heavy atom. The highest BCUT2D eigenvalue weighted by molar-refractivity contribution is 7.81. The first-order chi connectivity index (χ1) is 12.6. The summed E-state index contributed by atoms with van der Waals surface area (Å²) in [6, 6.07) is 6.92. The van der Waals surface area contributed by atoms with Gasteiger partial charge >= 0.3 is 10.4 Å². The molecule has 0 atom stereocenters. The van der Waals surface area contributed by atoms with E-state index >= 15 is 0 Å². The van der Waals surface area contributed by atoms with E-state index < -0.39 is 10.4 Å². The molecule has 26 heavy (non-hydrogen) atoms. The summed E-state index contributed by atoms with van der Waals surface area (Å²) in [6.45, 7) is 2.29. The predicted octanol–water partition coefficient (Wildman–Crippen LogP) is 4.88. The molecule has 1 aromatic rings. The molecular weight excluding hydrogens is 352 g/mol. The number of aliphatic hydroxyl groups is 1. The zero-order valence-corrected chi connectivity index (χ0v) is 16.8. The summed E-state index contributed by atoms with van der Waals surface area (Å²) < 4.78 is 33.2. The molecular formula is C20H34O5S. The van der Waals surface area contributed by atoms with E-state index in [1.54, 1.807) is 24.3 Å². The minimum atomic E-state index is -3.96. The molecule has 0 aromatic heterocycles. The van der Waals surface area contributed by atoms with Crippen LogP contribution in [0, 0.1) is 0 Å². The Kier molecular flexibility index (Phi) is 12.6. The second-order valence-electron chi connectivity index (χ2n) is 6.65. The zero-order valence-electron chi connectivity index (χ0n) is 16.0. The molecule has 0 fully saturated rings. The van der Waals surface area contributed by atoms with E-state index in [1.807, 2.05) is 0 Å². The maximum atomic E-state index is 11.7. The number of aliphatic hydroxyl groups excluding tert-OH is 1. The van der Waals surface area contributed by atoms with Crippen molar-refractivity contribution in [1.82, 2.24) is 0 Å². The molecule has 6 heteroatoms.